The second-order valence-corrected chi connectivity index (χ2v) is 6.38. The van der Waals surface area contributed by atoms with E-state index in [2.05, 4.69) is 5.32 Å². The molecule has 1 aromatic heterocycles. The van der Waals surface area contributed by atoms with Crippen LogP contribution in [-0.4, -0.2) is 30.0 Å². The molecule has 0 spiro atoms. The van der Waals surface area contributed by atoms with Crippen molar-refractivity contribution in [1.29, 1.82) is 0 Å². The van der Waals surface area contributed by atoms with Crippen LogP contribution in [0.3, 0.4) is 0 Å². The number of nitro benzene ring substituents is 1. The number of nitrogens with zero attached hydrogens (tertiary/aromatic N) is 1. The highest BCUT2D eigenvalue weighted by atomic mass is 32.1. The predicted octanol–water partition coefficient (Wildman–Crippen LogP) is 3.16. The Morgan fingerprint density at radius 3 is 2.56 bits per heavy atom. The fourth-order valence-electron chi connectivity index (χ4n) is 1.96. The largest absolute Gasteiger partial charge is 0.495 e. The number of carbonyl (C=O) groups excluding carboxylic acids is 2. The lowest BCUT2D eigenvalue weighted by atomic mass is 10.2. The fourth-order valence-corrected chi connectivity index (χ4v) is 2.71. The van der Waals surface area contributed by atoms with Crippen LogP contribution >= 0.6 is 11.3 Å². The number of esters is 1. The van der Waals surface area contributed by atoms with E-state index in [1.54, 1.807) is 12.1 Å². The summed E-state index contributed by atoms with van der Waals surface area (Å²) >= 11 is 1.26. The van der Waals surface area contributed by atoms with Crippen molar-refractivity contribution in [3.8, 4) is 5.75 Å². The van der Waals surface area contributed by atoms with Crippen molar-refractivity contribution in [3.63, 3.8) is 0 Å². The first kappa shape index (κ1) is 18.4. The average Bonchev–Trinajstić information content (AvgIpc) is 3.01. The Morgan fingerprint density at radius 2 is 2.00 bits per heavy atom. The first-order valence-electron chi connectivity index (χ1n) is 7.22. The van der Waals surface area contributed by atoms with Gasteiger partial charge in [0.15, 0.2) is 6.10 Å². The van der Waals surface area contributed by atoms with Crippen LogP contribution in [0.2, 0.25) is 0 Å². The number of non-ortho nitro benzene ring substituents is 1. The molecule has 1 N–H and O–H groups in total. The molecule has 8 nitrogen and oxygen atoms in total. The van der Waals surface area contributed by atoms with Gasteiger partial charge in [-0.25, -0.2) is 4.79 Å². The zero-order chi connectivity index (χ0) is 18.6. The molecule has 0 unspecified atom stereocenters. The lowest BCUT2D eigenvalue weighted by Crippen LogP contribution is -2.30. The van der Waals surface area contributed by atoms with E-state index in [-0.39, 0.29) is 17.1 Å². The molecule has 0 bridgehead atoms. The highest BCUT2D eigenvalue weighted by Gasteiger charge is 2.22. The van der Waals surface area contributed by atoms with Crippen LogP contribution in [0.4, 0.5) is 11.4 Å². The van der Waals surface area contributed by atoms with Crippen LogP contribution in [0, 0.1) is 17.0 Å². The SMILES string of the molecule is COc1ccc([N+](=O)[O-])cc1NC(=O)[C@H](C)OC(=O)c1ccc(C)s1. The third kappa shape index (κ3) is 4.54. The van der Waals surface area contributed by atoms with Crippen LogP contribution in [0.15, 0.2) is 30.3 Å². The number of ether oxygens (including phenoxy) is 2. The molecule has 1 aromatic carbocycles. The molecule has 1 atom stereocenters. The number of amides is 1. The van der Waals surface area contributed by atoms with Gasteiger partial charge in [0.1, 0.15) is 10.6 Å². The van der Waals surface area contributed by atoms with Crippen LogP contribution < -0.4 is 10.1 Å². The summed E-state index contributed by atoms with van der Waals surface area (Å²) in [6, 6.07) is 7.21. The topological polar surface area (TPSA) is 108 Å². The standard InChI is InChI=1S/C16H16N2O6S/c1-9-4-7-14(25-9)16(20)24-10(2)15(19)17-12-8-11(18(21)22)5-6-13(12)23-3/h4-8,10H,1-3H3,(H,17,19)/t10-/m0/s1. The number of thiophene rings is 1. The van der Waals surface area contributed by atoms with Crippen molar-refractivity contribution in [1.82, 2.24) is 0 Å². The molecular formula is C16H16N2O6S. The van der Waals surface area contributed by atoms with Gasteiger partial charge in [-0.3, -0.25) is 14.9 Å². The van der Waals surface area contributed by atoms with Gasteiger partial charge in [0, 0.05) is 17.0 Å². The molecule has 1 amide bonds. The van der Waals surface area contributed by atoms with E-state index in [9.17, 15) is 19.7 Å². The molecular weight excluding hydrogens is 348 g/mol. The molecule has 2 rings (SSSR count). The van der Waals surface area contributed by atoms with Gasteiger partial charge in [0.05, 0.1) is 17.7 Å². The molecule has 0 radical (unpaired) electrons. The van der Waals surface area contributed by atoms with Gasteiger partial charge in [0.25, 0.3) is 11.6 Å². The van der Waals surface area contributed by atoms with E-state index in [0.717, 1.165) is 4.88 Å². The number of carbonyl (C=O) groups is 2. The Bertz CT molecular complexity index is 817. The summed E-state index contributed by atoms with van der Waals surface area (Å²) in [4.78, 5) is 35.8. The quantitative estimate of drug-likeness (QED) is 0.479. The number of benzene rings is 1. The van der Waals surface area contributed by atoms with Crippen LogP contribution in [0.25, 0.3) is 0 Å². The van der Waals surface area contributed by atoms with Crippen molar-refractivity contribution >= 4 is 34.6 Å². The number of hydrogen-bond donors (Lipinski definition) is 1. The molecule has 132 valence electrons. The molecule has 0 fully saturated rings. The molecule has 0 saturated carbocycles. The van der Waals surface area contributed by atoms with E-state index in [0.29, 0.717) is 4.88 Å². The van der Waals surface area contributed by atoms with Gasteiger partial charge in [-0.1, -0.05) is 0 Å². The van der Waals surface area contributed by atoms with E-state index in [4.69, 9.17) is 9.47 Å². The monoisotopic (exact) mass is 364 g/mol. The van der Waals surface area contributed by atoms with Crippen LogP contribution in [0.1, 0.15) is 21.5 Å². The summed E-state index contributed by atoms with van der Waals surface area (Å²) in [5.41, 5.74) is -0.0774. The highest BCUT2D eigenvalue weighted by Crippen LogP contribution is 2.29. The normalized spacial score (nSPS) is 11.5. The molecule has 2 aromatic rings. The molecule has 25 heavy (non-hydrogen) atoms. The Hall–Kier alpha value is -2.94. The van der Waals surface area contributed by atoms with Crippen molar-refractivity contribution in [2.45, 2.75) is 20.0 Å². The summed E-state index contributed by atoms with van der Waals surface area (Å²) < 4.78 is 10.2. The van der Waals surface area contributed by atoms with Gasteiger partial charge in [-0.2, -0.15) is 0 Å². The molecule has 9 heteroatoms. The summed E-state index contributed by atoms with van der Waals surface area (Å²) in [6.45, 7) is 3.27. The molecule has 1 heterocycles. The Labute approximate surface area is 147 Å². The number of nitro groups is 1. The van der Waals surface area contributed by atoms with Crippen LogP contribution in [-0.2, 0) is 9.53 Å². The van der Waals surface area contributed by atoms with Gasteiger partial charge >= 0.3 is 5.97 Å². The second-order valence-electron chi connectivity index (χ2n) is 5.09. The average molecular weight is 364 g/mol. The summed E-state index contributed by atoms with van der Waals surface area (Å²) in [6.07, 6.45) is -1.08. The predicted molar refractivity (Wildman–Crippen MR) is 92.2 cm³/mol. The summed E-state index contributed by atoms with van der Waals surface area (Å²) in [5.74, 6) is -0.974. The van der Waals surface area contributed by atoms with Gasteiger partial charge in [-0.15, -0.1) is 11.3 Å². The fraction of sp³-hybridized carbons (Fsp3) is 0.250. The van der Waals surface area contributed by atoms with E-state index in [1.807, 2.05) is 6.92 Å². The lowest BCUT2D eigenvalue weighted by Gasteiger charge is -2.14. The zero-order valence-corrected chi connectivity index (χ0v) is 14.6. The van der Waals surface area contributed by atoms with Crippen molar-refractivity contribution < 1.29 is 24.0 Å². The number of rotatable bonds is 6. The smallest absolute Gasteiger partial charge is 0.349 e. The number of nitrogens with one attached hydrogen (secondary N) is 1. The Morgan fingerprint density at radius 1 is 1.28 bits per heavy atom. The third-order valence-corrected chi connectivity index (χ3v) is 4.23. The molecule has 0 aliphatic heterocycles. The minimum absolute atomic E-state index is 0.122. The van der Waals surface area contributed by atoms with Crippen molar-refractivity contribution in [2.75, 3.05) is 12.4 Å². The lowest BCUT2D eigenvalue weighted by molar-refractivity contribution is -0.384. The van der Waals surface area contributed by atoms with Crippen molar-refractivity contribution in [2.24, 2.45) is 0 Å². The minimum Gasteiger partial charge on any atom is -0.495 e. The van der Waals surface area contributed by atoms with E-state index < -0.39 is 22.9 Å². The van der Waals surface area contributed by atoms with Gasteiger partial charge in [-0.05, 0) is 32.0 Å². The number of anilines is 1. The van der Waals surface area contributed by atoms with Crippen molar-refractivity contribution in [3.05, 3.63) is 50.2 Å². The second kappa shape index (κ2) is 7.75. The molecule has 0 saturated heterocycles. The first-order valence-corrected chi connectivity index (χ1v) is 8.04. The van der Waals surface area contributed by atoms with E-state index in [1.165, 1.54) is 43.6 Å². The third-order valence-electron chi connectivity index (χ3n) is 3.25. The first-order chi connectivity index (χ1) is 11.8. The maximum atomic E-state index is 12.2. The maximum absolute atomic E-state index is 12.2. The number of methoxy groups -OCH3 is 1. The zero-order valence-electron chi connectivity index (χ0n) is 13.8. The number of hydrogen-bond acceptors (Lipinski definition) is 7. The Balaban J connectivity index is 2.09. The molecule has 0 aliphatic carbocycles. The van der Waals surface area contributed by atoms with E-state index >= 15 is 0 Å². The van der Waals surface area contributed by atoms with Gasteiger partial charge in [0.2, 0.25) is 0 Å². The van der Waals surface area contributed by atoms with Gasteiger partial charge < -0.3 is 14.8 Å². The molecule has 0 aliphatic rings. The van der Waals surface area contributed by atoms with Crippen LogP contribution in [0.5, 0.6) is 5.75 Å². The maximum Gasteiger partial charge on any atom is 0.349 e. The highest BCUT2D eigenvalue weighted by molar-refractivity contribution is 7.13. The summed E-state index contributed by atoms with van der Waals surface area (Å²) in [7, 11) is 1.37. The minimum atomic E-state index is -1.08. The summed E-state index contributed by atoms with van der Waals surface area (Å²) in [5, 5.41) is 13.3. The number of aryl methyl sites for hydroxylation is 1. The Kier molecular flexibility index (Phi) is 5.71.